The Morgan fingerprint density at radius 3 is 2.52 bits per heavy atom. The second-order valence-electron chi connectivity index (χ2n) is 6.75. The van der Waals surface area contributed by atoms with Crippen LogP contribution in [0.1, 0.15) is 32.1 Å². The van der Waals surface area contributed by atoms with E-state index >= 15 is 0 Å². The summed E-state index contributed by atoms with van der Waals surface area (Å²) in [7, 11) is 2.27. The lowest BCUT2D eigenvalue weighted by Crippen LogP contribution is -2.52. The SMILES string of the molecule is C=CCCC(O)CN1CCN(CC2CCCCN2C)CC1. The molecule has 0 saturated carbocycles. The molecule has 2 atom stereocenters. The second kappa shape index (κ2) is 8.89. The van der Waals surface area contributed by atoms with Crippen molar-refractivity contribution in [2.75, 3.05) is 52.9 Å². The summed E-state index contributed by atoms with van der Waals surface area (Å²) < 4.78 is 0. The Labute approximate surface area is 130 Å². The third-order valence-corrected chi connectivity index (χ3v) is 5.03. The van der Waals surface area contributed by atoms with Crippen molar-refractivity contribution in [3.63, 3.8) is 0 Å². The van der Waals surface area contributed by atoms with E-state index in [1.165, 1.54) is 32.4 Å². The van der Waals surface area contributed by atoms with Crippen molar-refractivity contribution in [2.24, 2.45) is 0 Å². The lowest BCUT2D eigenvalue weighted by molar-refractivity contribution is 0.0533. The van der Waals surface area contributed by atoms with Crippen molar-refractivity contribution in [1.82, 2.24) is 14.7 Å². The van der Waals surface area contributed by atoms with Gasteiger partial charge in [0.15, 0.2) is 0 Å². The fourth-order valence-corrected chi connectivity index (χ4v) is 3.53. The third kappa shape index (κ3) is 5.70. The Balaban J connectivity index is 1.64. The van der Waals surface area contributed by atoms with Gasteiger partial charge in [0.1, 0.15) is 0 Å². The molecular weight excluding hydrogens is 262 g/mol. The Bertz CT molecular complexity index is 302. The van der Waals surface area contributed by atoms with Crippen LogP contribution < -0.4 is 0 Å². The minimum atomic E-state index is -0.195. The number of piperazine rings is 1. The molecule has 0 aromatic carbocycles. The molecule has 2 unspecified atom stereocenters. The van der Waals surface area contributed by atoms with Crippen molar-refractivity contribution in [3.8, 4) is 0 Å². The zero-order valence-electron chi connectivity index (χ0n) is 13.7. The van der Waals surface area contributed by atoms with Gasteiger partial charge in [-0.05, 0) is 39.3 Å². The van der Waals surface area contributed by atoms with Crippen LogP contribution in [0.2, 0.25) is 0 Å². The summed E-state index contributed by atoms with van der Waals surface area (Å²) >= 11 is 0. The Hall–Kier alpha value is -0.420. The number of β-amino-alcohol motifs (C(OH)–C–C–N with tert-alkyl or cyclic N) is 1. The maximum atomic E-state index is 9.98. The summed E-state index contributed by atoms with van der Waals surface area (Å²) in [4.78, 5) is 7.56. The molecule has 0 aromatic heterocycles. The summed E-state index contributed by atoms with van der Waals surface area (Å²) in [5.41, 5.74) is 0. The fraction of sp³-hybridized carbons (Fsp3) is 0.882. The highest BCUT2D eigenvalue weighted by Crippen LogP contribution is 2.17. The van der Waals surface area contributed by atoms with Crippen LogP contribution in [0.4, 0.5) is 0 Å². The van der Waals surface area contributed by atoms with Gasteiger partial charge in [-0.3, -0.25) is 9.80 Å². The van der Waals surface area contributed by atoms with E-state index in [0.717, 1.165) is 51.6 Å². The van der Waals surface area contributed by atoms with Gasteiger partial charge in [-0.2, -0.15) is 0 Å². The molecular formula is C17H33N3O. The van der Waals surface area contributed by atoms with Crippen molar-refractivity contribution in [1.29, 1.82) is 0 Å². The van der Waals surface area contributed by atoms with Gasteiger partial charge in [0.05, 0.1) is 6.10 Å². The number of nitrogens with zero attached hydrogens (tertiary/aromatic N) is 3. The average Bonchev–Trinajstić information content (AvgIpc) is 2.49. The van der Waals surface area contributed by atoms with Crippen LogP contribution in [0.25, 0.3) is 0 Å². The highest BCUT2D eigenvalue weighted by atomic mass is 16.3. The summed E-state index contributed by atoms with van der Waals surface area (Å²) in [5, 5.41) is 9.98. The highest BCUT2D eigenvalue weighted by Gasteiger charge is 2.24. The van der Waals surface area contributed by atoms with Crippen LogP contribution in [0.15, 0.2) is 12.7 Å². The number of hydrogen-bond donors (Lipinski definition) is 1. The first kappa shape index (κ1) is 16.9. The lowest BCUT2D eigenvalue weighted by atomic mass is 10.0. The van der Waals surface area contributed by atoms with E-state index in [-0.39, 0.29) is 6.10 Å². The van der Waals surface area contributed by atoms with E-state index in [2.05, 4.69) is 28.3 Å². The van der Waals surface area contributed by atoms with E-state index in [1.54, 1.807) is 0 Å². The zero-order valence-corrected chi connectivity index (χ0v) is 13.7. The maximum Gasteiger partial charge on any atom is 0.0670 e. The van der Waals surface area contributed by atoms with E-state index in [0.29, 0.717) is 0 Å². The Morgan fingerprint density at radius 1 is 1.14 bits per heavy atom. The number of piperidine rings is 1. The van der Waals surface area contributed by atoms with E-state index < -0.39 is 0 Å². The monoisotopic (exact) mass is 295 g/mol. The van der Waals surface area contributed by atoms with E-state index in [9.17, 15) is 5.11 Å². The summed E-state index contributed by atoms with van der Waals surface area (Å²) in [6.45, 7) is 11.5. The van der Waals surface area contributed by atoms with Crippen LogP contribution in [0.3, 0.4) is 0 Å². The number of aliphatic hydroxyl groups is 1. The molecule has 2 fully saturated rings. The van der Waals surface area contributed by atoms with Gasteiger partial charge >= 0.3 is 0 Å². The minimum absolute atomic E-state index is 0.195. The topological polar surface area (TPSA) is 30.0 Å². The molecule has 0 amide bonds. The number of allylic oxidation sites excluding steroid dienone is 1. The van der Waals surface area contributed by atoms with Crippen LogP contribution in [-0.2, 0) is 0 Å². The quantitative estimate of drug-likeness (QED) is 0.720. The number of rotatable bonds is 7. The molecule has 2 saturated heterocycles. The molecule has 2 aliphatic rings. The summed E-state index contributed by atoms with van der Waals surface area (Å²) in [6.07, 6.45) is 7.57. The molecule has 1 N–H and O–H groups in total. The van der Waals surface area contributed by atoms with Gasteiger partial charge in [-0.25, -0.2) is 0 Å². The van der Waals surface area contributed by atoms with Crippen molar-refractivity contribution in [3.05, 3.63) is 12.7 Å². The molecule has 2 aliphatic heterocycles. The first-order chi connectivity index (χ1) is 10.2. The zero-order chi connectivity index (χ0) is 15.1. The van der Waals surface area contributed by atoms with Gasteiger partial charge < -0.3 is 10.0 Å². The molecule has 2 rings (SSSR count). The van der Waals surface area contributed by atoms with Crippen LogP contribution >= 0.6 is 0 Å². The van der Waals surface area contributed by atoms with E-state index in [4.69, 9.17) is 0 Å². The normalized spacial score (nSPS) is 27.6. The molecule has 0 radical (unpaired) electrons. The van der Waals surface area contributed by atoms with Crippen molar-refractivity contribution >= 4 is 0 Å². The molecule has 0 bridgehead atoms. The van der Waals surface area contributed by atoms with Crippen LogP contribution in [0.5, 0.6) is 0 Å². The van der Waals surface area contributed by atoms with Gasteiger partial charge in [-0.15, -0.1) is 6.58 Å². The number of likely N-dealkylation sites (tertiary alicyclic amines) is 1. The minimum Gasteiger partial charge on any atom is -0.392 e. The second-order valence-corrected chi connectivity index (χ2v) is 6.75. The Kier molecular flexibility index (Phi) is 7.17. The lowest BCUT2D eigenvalue weighted by Gasteiger charge is -2.40. The largest absolute Gasteiger partial charge is 0.392 e. The van der Waals surface area contributed by atoms with Crippen LogP contribution in [-0.4, -0.2) is 84.8 Å². The first-order valence-corrected chi connectivity index (χ1v) is 8.63. The maximum absolute atomic E-state index is 9.98. The molecule has 0 spiro atoms. The molecule has 122 valence electrons. The highest BCUT2D eigenvalue weighted by molar-refractivity contribution is 4.81. The molecule has 2 heterocycles. The molecule has 21 heavy (non-hydrogen) atoms. The molecule has 4 heteroatoms. The predicted octanol–water partition coefficient (Wildman–Crippen LogP) is 1.42. The number of likely N-dealkylation sites (N-methyl/N-ethyl adjacent to an activating group) is 1. The van der Waals surface area contributed by atoms with Gasteiger partial charge in [-0.1, -0.05) is 12.5 Å². The summed E-state index contributed by atoms with van der Waals surface area (Å²) in [6, 6.07) is 0.753. The third-order valence-electron chi connectivity index (χ3n) is 5.03. The fourth-order valence-electron chi connectivity index (χ4n) is 3.53. The summed E-state index contributed by atoms with van der Waals surface area (Å²) in [5.74, 6) is 0. The van der Waals surface area contributed by atoms with Crippen molar-refractivity contribution in [2.45, 2.75) is 44.2 Å². The average molecular weight is 295 g/mol. The predicted molar refractivity (Wildman–Crippen MR) is 88.6 cm³/mol. The smallest absolute Gasteiger partial charge is 0.0670 e. The van der Waals surface area contributed by atoms with Gasteiger partial charge in [0.25, 0.3) is 0 Å². The number of hydrogen-bond acceptors (Lipinski definition) is 4. The molecule has 0 aliphatic carbocycles. The molecule has 4 nitrogen and oxygen atoms in total. The Morgan fingerprint density at radius 2 is 1.86 bits per heavy atom. The molecule has 0 aromatic rings. The van der Waals surface area contributed by atoms with Crippen LogP contribution in [0, 0.1) is 0 Å². The van der Waals surface area contributed by atoms with Crippen molar-refractivity contribution < 1.29 is 5.11 Å². The van der Waals surface area contributed by atoms with E-state index in [1.807, 2.05) is 6.08 Å². The van der Waals surface area contributed by atoms with Gasteiger partial charge in [0, 0.05) is 45.3 Å². The number of aliphatic hydroxyl groups excluding tert-OH is 1. The first-order valence-electron chi connectivity index (χ1n) is 8.63. The standard InChI is InChI=1S/C17H33N3O/c1-3-4-8-17(21)15-20-12-10-19(11-13-20)14-16-7-5-6-9-18(16)2/h3,16-17,21H,1,4-15H2,2H3. The van der Waals surface area contributed by atoms with Gasteiger partial charge in [0.2, 0.25) is 0 Å².